The quantitative estimate of drug-likeness (QED) is 0.359. The number of amides is 2. The van der Waals surface area contributed by atoms with E-state index in [0.717, 1.165) is 16.6 Å². The van der Waals surface area contributed by atoms with Crippen molar-refractivity contribution >= 4 is 56.4 Å². The fourth-order valence-electron chi connectivity index (χ4n) is 3.20. The van der Waals surface area contributed by atoms with Gasteiger partial charge in [0.05, 0.1) is 16.9 Å². The second-order valence-corrected chi connectivity index (χ2v) is 10.9. The zero-order valence-corrected chi connectivity index (χ0v) is 21.9. The van der Waals surface area contributed by atoms with Crippen LogP contribution in [-0.2, 0) is 26.2 Å². The van der Waals surface area contributed by atoms with Crippen molar-refractivity contribution in [1.82, 2.24) is 10.2 Å². The molecule has 1 N–H and O–H groups in total. The molecule has 0 fully saturated rings. The highest BCUT2D eigenvalue weighted by Gasteiger charge is 2.31. The average Bonchev–Trinajstić information content (AvgIpc) is 2.75. The van der Waals surface area contributed by atoms with Gasteiger partial charge in [0.2, 0.25) is 21.8 Å². The highest BCUT2D eigenvalue weighted by atomic mass is 35.5. The van der Waals surface area contributed by atoms with Crippen LogP contribution >= 0.6 is 23.2 Å². The molecule has 2 rings (SSSR count). The molecule has 2 amide bonds. The number of hydrogen-bond donors (Lipinski definition) is 1. The summed E-state index contributed by atoms with van der Waals surface area (Å²) in [4.78, 5) is 37.9. The Morgan fingerprint density at radius 2 is 1.77 bits per heavy atom. The van der Waals surface area contributed by atoms with Crippen LogP contribution in [0.4, 0.5) is 11.4 Å². The Morgan fingerprint density at radius 3 is 2.31 bits per heavy atom. The van der Waals surface area contributed by atoms with Crippen LogP contribution < -0.4 is 9.62 Å². The number of non-ortho nitro benzene ring substituents is 1. The minimum atomic E-state index is -4.02. The van der Waals surface area contributed by atoms with E-state index in [0.29, 0.717) is 10.6 Å². The maximum absolute atomic E-state index is 13.4. The SMILES string of the molecule is CC(C)NC(=O)[C@H](C)N(Cc1ccc(Cl)cc1Cl)C(=O)CN(c1cccc([N+](=O)[O-])c1)S(C)(=O)=O. The first-order chi connectivity index (χ1) is 16.2. The number of nitrogens with zero attached hydrogens (tertiary/aromatic N) is 3. The van der Waals surface area contributed by atoms with Crippen LogP contribution in [0.5, 0.6) is 0 Å². The summed E-state index contributed by atoms with van der Waals surface area (Å²) < 4.78 is 25.8. The summed E-state index contributed by atoms with van der Waals surface area (Å²) in [6.45, 7) is 4.25. The lowest BCUT2D eigenvalue weighted by atomic mass is 10.1. The lowest BCUT2D eigenvalue weighted by Crippen LogP contribution is -2.52. The Morgan fingerprint density at radius 1 is 1.11 bits per heavy atom. The summed E-state index contributed by atoms with van der Waals surface area (Å²) >= 11 is 12.2. The molecular weight excluding hydrogens is 519 g/mol. The van der Waals surface area contributed by atoms with Gasteiger partial charge in [0, 0.05) is 34.8 Å². The van der Waals surface area contributed by atoms with E-state index in [1.165, 1.54) is 36.1 Å². The number of nitro groups is 1. The molecule has 0 bridgehead atoms. The molecule has 2 aromatic rings. The summed E-state index contributed by atoms with van der Waals surface area (Å²) in [7, 11) is -4.02. The number of anilines is 1. The second kappa shape index (κ2) is 11.7. The van der Waals surface area contributed by atoms with Gasteiger partial charge in [0.25, 0.3) is 5.69 Å². The Kier molecular flexibility index (Phi) is 9.47. The average molecular weight is 545 g/mol. The van der Waals surface area contributed by atoms with Crippen LogP contribution in [0.2, 0.25) is 10.0 Å². The number of carbonyl (C=O) groups excluding carboxylic acids is 2. The lowest BCUT2D eigenvalue weighted by molar-refractivity contribution is -0.384. The maximum atomic E-state index is 13.4. The van der Waals surface area contributed by atoms with Crippen molar-refractivity contribution < 1.29 is 22.9 Å². The number of nitrogens with one attached hydrogen (secondary N) is 1. The Hall–Kier alpha value is -2.89. The minimum absolute atomic E-state index is 0.0567. The number of nitro benzene ring substituents is 1. The molecule has 0 heterocycles. The number of sulfonamides is 1. The Balaban J connectivity index is 2.46. The third-order valence-electron chi connectivity index (χ3n) is 4.96. The fourth-order valence-corrected chi connectivity index (χ4v) is 4.51. The molecule has 0 unspecified atom stereocenters. The predicted octanol–water partition coefficient (Wildman–Crippen LogP) is 3.61. The molecule has 0 saturated heterocycles. The van der Waals surface area contributed by atoms with Crippen molar-refractivity contribution in [3.63, 3.8) is 0 Å². The fraction of sp³-hybridized carbons (Fsp3) is 0.364. The zero-order chi connectivity index (χ0) is 26.5. The smallest absolute Gasteiger partial charge is 0.271 e. The molecule has 1 atom stereocenters. The van der Waals surface area contributed by atoms with Crippen molar-refractivity contribution in [1.29, 1.82) is 0 Å². The van der Waals surface area contributed by atoms with Gasteiger partial charge in [-0.25, -0.2) is 8.42 Å². The van der Waals surface area contributed by atoms with Crippen LogP contribution in [0, 0.1) is 10.1 Å². The van der Waals surface area contributed by atoms with Crippen LogP contribution in [-0.4, -0.2) is 54.9 Å². The monoisotopic (exact) mass is 544 g/mol. The molecule has 0 spiro atoms. The van der Waals surface area contributed by atoms with Gasteiger partial charge in [0.15, 0.2) is 0 Å². The molecular formula is C22H26Cl2N4O6S. The molecule has 0 aliphatic heterocycles. The highest BCUT2D eigenvalue weighted by molar-refractivity contribution is 7.92. The van der Waals surface area contributed by atoms with Crippen molar-refractivity contribution in [2.45, 2.75) is 39.4 Å². The molecule has 0 radical (unpaired) electrons. The van der Waals surface area contributed by atoms with Crippen molar-refractivity contribution in [3.05, 3.63) is 68.2 Å². The number of carbonyl (C=O) groups is 2. The largest absolute Gasteiger partial charge is 0.352 e. The third-order valence-corrected chi connectivity index (χ3v) is 6.69. The predicted molar refractivity (Wildman–Crippen MR) is 135 cm³/mol. The van der Waals surface area contributed by atoms with Gasteiger partial charge in [-0.15, -0.1) is 0 Å². The van der Waals surface area contributed by atoms with E-state index in [4.69, 9.17) is 23.2 Å². The summed E-state index contributed by atoms with van der Waals surface area (Å²) in [5.41, 5.74) is 0.103. The second-order valence-electron chi connectivity index (χ2n) is 8.14. The first-order valence-corrected chi connectivity index (χ1v) is 13.1. The van der Waals surface area contributed by atoms with E-state index in [1.54, 1.807) is 26.0 Å². The number of hydrogen-bond acceptors (Lipinski definition) is 6. The molecule has 0 saturated carbocycles. The van der Waals surface area contributed by atoms with E-state index in [9.17, 15) is 28.1 Å². The minimum Gasteiger partial charge on any atom is -0.352 e. The third kappa shape index (κ3) is 7.81. The Labute approximate surface area is 214 Å². The highest BCUT2D eigenvalue weighted by Crippen LogP contribution is 2.26. The van der Waals surface area contributed by atoms with Crippen LogP contribution in [0.3, 0.4) is 0 Å². The topological polar surface area (TPSA) is 130 Å². The van der Waals surface area contributed by atoms with E-state index in [1.807, 2.05) is 0 Å². The maximum Gasteiger partial charge on any atom is 0.271 e. The van der Waals surface area contributed by atoms with Gasteiger partial charge in [0.1, 0.15) is 12.6 Å². The lowest BCUT2D eigenvalue weighted by Gasteiger charge is -2.32. The van der Waals surface area contributed by atoms with E-state index in [-0.39, 0.29) is 29.0 Å². The van der Waals surface area contributed by atoms with Gasteiger partial charge < -0.3 is 10.2 Å². The van der Waals surface area contributed by atoms with E-state index >= 15 is 0 Å². The molecule has 0 aromatic heterocycles. The number of halogens is 2. The summed E-state index contributed by atoms with van der Waals surface area (Å²) in [6, 6.07) is 8.43. The van der Waals surface area contributed by atoms with Gasteiger partial charge in [-0.05, 0) is 44.5 Å². The molecule has 2 aromatic carbocycles. The molecule has 0 aliphatic carbocycles. The van der Waals surface area contributed by atoms with Gasteiger partial charge in [-0.3, -0.25) is 24.0 Å². The van der Waals surface area contributed by atoms with Gasteiger partial charge in [-0.1, -0.05) is 35.3 Å². The summed E-state index contributed by atoms with van der Waals surface area (Å²) in [5.74, 6) is -1.15. The van der Waals surface area contributed by atoms with Crippen molar-refractivity contribution in [3.8, 4) is 0 Å². The van der Waals surface area contributed by atoms with Crippen molar-refractivity contribution in [2.75, 3.05) is 17.1 Å². The van der Waals surface area contributed by atoms with Crippen molar-refractivity contribution in [2.24, 2.45) is 0 Å². The van der Waals surface area contributed by atoms with Gasteiger partial charge in [-0.2, -0.15) is 0 Å². The van der Waals surface area contributed by atoms with Crippen LogP contribution in [0.15, 0.2) is 42.5 Å². The Bertz CT molecular complexity index is 1220. The molecule has 35 heavy (non-hydrogen) atoms. The first-order valence-electron chi connectivity index (χ1n) is 10.5. The standard InChI is InChI=1S/C22H26Cl2N4O6S/c1-14(2)25-22(30)15(3)26(12-16-8-9-17(23)10-20(16)24)21(29)13-27(35(4,33)34)18-6-5-7-19(11-18)28(31)32/h5-11,14-15H,12-13H2,1-4H3,(H,25,30)/t15-/m0/s1. The number of benzene rings is 2. The number of rotatable bonds is 10. The van der Waals surface area contributed by atoms with Crippen LogP contribution in [0.25, 0.3) is 0 Å². The molecule has 190 valence electrons. The summed E-state index contributed by atoms with van der Waals surface area (Å²) in [6.07, 6.45) is 0.883. The first kappa shape index (κ1) is 28.3. The van der Waals surface area contributed by atoms with E-state index < -0.39 is 39.3 Å². The zero-order valence-electron chi connectivity index (χ0n) is 19.6. The van der Waals surface area contributed by atoms with E-state index in [2.05, 4.69) is 5.32 Å². The normalized spacial score (nSPS) is 12.2. The van der Waals surface area contributed by atoms with Crippen LogP contribution in [0.1, 0.15) is 26.3 Å². The summed E-state index contributed by atoms with van der Waals surface area (Å²) in [5, 5.41) is 14.5. The molecule has 0 aliphatic rings. The molecule has 10 nitrogen and oxygen atoms in total. The molecule has 13 heteroatoms. The van der Waals surface area contributed by atoms with Gasteiger partial charge >= 0.3 is 0 Å².